The normalized spacial score (nSPS) is 9.68. The molecule has 0 saturated carbocycles. The number of likely N-dealkylation sites (N-methyl/N-ethyl adjacent to an activating group) is 2. The first-order valence-electron chi connectivity index (χ1n) is 45.0. The van der Waals surface area contributed by atoms with Gasteiger partial charge in [-0.25, -0.2) is 0 Å². The molecule has 0 rings (SSSR count). The summed E-state index contributed by atoms with van der Waals surface area (Å²) in [6, 6.07) is 0. The monoisotopic (exact) mass is 1750 g/mol. The Balaban J connectivity index is -0.0000000686. The maximum absolute atomic E-state index is 8.41. The van der Waals surface area contributed by atoms with Gasteiger partial charge in [-0.3, -0.25) is 4.90 Å². The van der Waals surface area contributed by atoms with Gasteiger partial charge < -0.3 is 228 Å². The van der Waals surface area contributed by atoms with Crippen molar-refractivity contribution in [1.29, 1.82) is 0 Å². The summed E-state index contributed by atoms with van der Waals surface area (Å²) >= 11 is 0. The van der Waals surface area contributed by atoms with Gasteiger partial charge >= 0.3 is 0 Å². The standard InChI is InChI=1S/C9H24N4.2C7H19N3.C7H17NO2.C6H18N4.2C5H15N3.2C5H13NO.C4H13N3.C4H12N2.3C3H10N2.2C2H8N2/c10-4-8-12-6-2-1-3-7-13-9-5-11;2*8-4-2-1-3-6-10-7-5-9;9-6-3-1-2-4-8-5-7-10;7-1-4-10(5-2-8)6-3-9;1-8(4-2-6)5-3-7;6-2-1-4-8-5-3-7;2*6-4-2-1-3-5-7;5-1-3-7-4-2-6;1-6-4-2-3-5;1-5-3-2-4;2*4-2-1-3-5;2*3-1-2-4/h12-13H,1-11H2;2*10H,1-9H2;8-10H,1-7H2;1-9H2;2-7H2,1H3;8H,1-7H2;3*7H,1-6H2;6H,2-5H2,1H3;5H,2-4H2,1H3;2*1-5H2;2*1-4H2. The Morgan fingerprint density at radius 1 is 0.160 bits per heavy atom. The number of nitrogens with two attached hydrogens (primary N) is 27. The molecule has 746 valence electrons. The fourth-order valence-corrected chi connectivity index (χ4v) is 7.21. The third kappa shape index (κ3) is 291. The molecular weight excluding hydrogens is 1520 g/mol. The van der Waals surface area contributed by atoms with E-state index in [4.69, 9.17) is 175 Å². The van der Waals surface area contributed by atoms with Crippen LogP contribution in [0.2, 0.25) is 0 Å². The van der Waals surface area contributed by atoms with Crippen LogP contribution >= 0.6 is 0 Å². The van der Waals surface area contributed by atoms with Crippen molar-refractivity contribution in [2.75, 3.05) is 362 Å². The third-order valence-corrected chi connectivity index (χ3v) is 13.7. The van der Waals surface area contributed by atoms with Crippen LogP contribution in [0.4, 0.5) is 0 Å². The highest BCUT2D eigenvalue weighted by molar-refractivity contribution is 4.59. The fourth-order valence-electron chi connectivity index (χ4n) is 7.21. The van der Waals surface area contributed by atoms with E-state index < -0.39 is 0 Å². The van der Waals surface area contributed by atoms with Gasteiger partial charge in [0.15, 0.2) is 0 Å². The van der Waals surface area contributed by atoms with Crippen LogP contribution in [-0.4, -0.2) is 392 Å². The fraction of sp³-hybridized carbons (Fsp3) is 1.00. The van der Waals surface area contributed by atoms with E-state index in [2.05, 4.69) is 57.7 Å². The second-order valence-corrected chi connectivity index (χ2v) is 25.6. The van der Waals surface area contributed by atoms with Crippen LogP contribution in [0.1, 0.15) is 141 Å². The highest BCUT2D eigenvalue weighted by atomic mass is 16.3. The topological polar surface area (TPSA) is 898 Å². The van der Waals surface area contributed by atoms with Gasteiger partial charge in [0.1, 0.15) is 0 Å². The van der Waals surface area contributed by atoms with Gasteiger partial charge in [0, 0.05) is 223 Å². The molecule has 0 aliphatic carbocycles. The van der Waals surface area contributed by atoms with Crippen LogP contribution in [0, 0.1) is 0 Å². The molecule has 0 aromatic heterocycles. The summed E-state index contributed by atoms with van der Waals surface area (Å²) < 4.78 is 0. The van der Waals surface area contributed by atoms with Crippen molar-refractivity contribution in [3.63, 3.8) is 0 Å². The first kappa shape index (κ1) is 155. The van der Waals surface area contributed by atoms with Gasteiger partial charge in [-0.05, 0) is 254 Å². The zero-order valence-electron chi connectivity index (χ0n) is 78.1. The lowest BCUT2D eigenvalue weighted by Gasteiger charge is -2.18. The zero-order chi connectivity index (χ0) is 93.8. The quantitative estimate of drug-likeness (QED) is 0.0251. The minimum Gasteiger partial charge on any atom is -0.396 e. The lowest BCUT2D eigenvalue weighted by Crippen LogP contribution is -2.37. The Hall–Kier alpha value is -1.68. The minimum absolute atomic E-state index is 0.208. The van der Waals surface area contributed by atoms with Crippen molar-refractivity contribution in [3.05, 3.63) is 0 Å². The number of nitrogens with one attached hydrogen (secondary N) is 9. The number of unbranched alkanes of at least 4 members (excludes halogenated alkanes) is 12. The molecule has 0 aromatic carbocycles. The predicted octanol–water partition coefficient (Wildman–Crippen LogP) is -12.0. The summed E-state index contributed by atoms with van der Waals surface area (Å²) in [4.78, 5) is 4.28. The van der Waals surface area contributed by atoms with E-state index in [0.29, 0.717) is 91.8 Å². The first-order chi connectivity index (χ1) is 58.0. The molecule has 0 aliphatic rings. The van der Waals surface area contributed by atoms with E-state index in [-0.39, 0.29) is 6.61 Å². The molecule has 0 aromatic rings. The highest BCUT2D eigenvalue weighted by Crippen LogP contribution is 1.94. The van der Waals surface area contributed by atoms with Crippen molar-refractivity contribution in [2.24, 2.45) is 155 Å². The molecule has 67 N–H and O–H groups in total. The van der Waals surface area contributed by atoms with Gasteiger partial charge in [0.25, 0.3) is 0 Å². The van der Waals surface area contributed by atoms with Crippen molar-refractivity contribution in [1.82, 2.24) is 57.7 Å². The smallest absolute Gasteiger partial charge is 0.0555 e. The lowest BCUT2D eigenvalue weighted by molar-refractivity contribution is 0.279. The van der Waals surface area contributed by atoms with Crippen LogP contribution in [0.25, 0.3) is 0 Å². The molecule has 0 aliphatic heterocycles. The number of hydrogen-bond donors (Lipinski definition) is 40. The molecule has 42 heteroatoms. The average molecular weight is 1750 g/mol. The summed E-state index contributed by atoms with van der Waals surface area (Å²) in [7, 11) is 5.82. The Kier molecular flexibility index (Phi) is 264. The number of aliphatic hydroxyl groups excluding tert-OH is 4. The van der Waals surface area contributed by atoms with Gasteiger partial charge in [0.2, 0.25) is 0 Å². The van der Waals surface area contributed by atoms with E-state index in [1.807, 2.05) is 21.1 Å². The van der Waals surface area contributed by atoms with Crippen LogP contribution in [0.5, 0.6) is 0 Å². The second-order valence-electron chi connectivity index (χ2n) is 25.6. The van der Waals surface area contributed by atoms with Gasteiger partial charge in [-0.15, -0.1) is 0 Å². The van der Waals surface area contributed by atoms with Crippen molar-refractivity contribution < 1.29 is 20.4 Å². The first-order valence-corrected chi connectivity index (χ1v) is 45.0. The van der Waals surface area contributed by atoms with Crippen LogP contribution in [0.15, 0.2) is 0 Å². The number of rotatable bonds is 69. The third-order valence-electron chi connectivity index (χ3n) is 13.7. The van der Waals surface area contributed by atoms with E-state index in [0.717, 1.165) is 338 Å². The Bertz CT molecular complexity index is 1120. The van der Waals surface area contributed by atoms with Gasteiger partial charge in [0.05, 0.1) is 6.61 Å². The minimum atomic E-state index is 0.208. The number of nitrogens with zero attached hydrogens (tertiary/aromatic N) is 2. The summed E-state index contributed by atoms with van der Waals surface area (Å²) in [6.07, 6.45) is 24.0. The molecule has 0 saturated heterocycles. The molecule has 0 heterocycles. The van der Waals surface area contributed by atoms with E-state index in [9.17, 15) is 0 Å². The van der Waals surface area contributed by atoms with E-state index in [1.54, 1.807) is 0 Å². The summed E-state index contributed by atoms with van der Waals surface area (Å²) in [5.74, 6) is 0. The zero-order valence-corrected chi connectivity index (χ0v) is 78.1. The molecule has 0 unspecified atom stereocenters. The highest BCUT2D eigenvalue weighted by Gasteiger charge is 1.99. The van der Waals surface area contributed by atoms with Crippen molar-refractivity contribution in [3.8, 4) is 0 Å². The Morgan fingerprint density at radius 2 is 0.353 bits per heavy atom. The van der Waals surface area contributed by atoms with E-state index in [1.165, 1.54) is 44.9 Å². The molecule has 0 amide bonds. The molecule has 42 nitrogen and oxygen atoms in total. The molecule has 0 spiro atoms. The van der Waals surface area contributed by atoms with Crippen LogP contribution < -0.4 is 203 Å². The molecule has 0 radical (unpaired) electrons. The average Bonchev–Trinajstić information content (AvgIpc) is 1.26. The predicted molar refractivity (Wildman–Crippen MR) is 526 cm³/mol. The number of hydrogen-bond acceptors (Lipinski definition) is 42. The lowest BCUT2D eigenvalue weighted by atomic mass is 10.2. The SMILES string of the molecule is CN(CCN)CCN.CNCCCN.CNCCN.NCCCCCNCCN.NCCCCCNCCN.NCCCCCO.NCCCCCO.NCCCN.NCCCN.NCCCNCCN.NCCN.NCCN.NCCN(CCN)CCN.NCCNCCCCCNCCN.NCCNCCN.OCCCCCNCCO. The molecule has 0 fully saturated rings. The van der Waals surface area contributed by atoms with Crippen LogP contribution in [0.3, 0.4) is 0 Å². The van der Waals surface area contributed by atoms with Gasteiger partial charge in [-0.1, -0.05) is 19.3 Å². The maximum atomic E-state index is 8.41. The molecular formula is C77H224N38O4. The second kappa shape index (κ2) is 203. The maximum Gasteiger partial charge on any atom is 0.0555 e. The Morgan fingerprint density at radius 3 is 0.521 bits per heavy atom. The van der Waals surface area contributed by atoms with Crippen molar-refractivity contribution in [2.45, 2.75) is 141 Å². The molecule has 0 atom stereocenters. The van der Waals surface area contributed by atoms with Crippen molar-refractivity contribution >= 4 is 0 Å². The molecule has 119 heavy (non-hydrogen) atoms. The summed E-state index contributed by atoms with van der Waals surface area (Å²) in [5, 5.41) is 61.4. The molecule has 0 bridgehead atoms. The van der Waals surface area contributed by atoms with E-state index >= 15 is 0 Å². The largest absolute Gasteiger partial charge is 0.396 e. The van der Waals surface area contributed by atoms with Gasteiger partial charge in [-0.2, -0.15) is 0 Å². The van der Waals surface area contributed by atoms with Crippen LogP contribution in [-0.2, 0) is 0 Å². The number of aliphatic hydroxyl groups is 4. The summed E-state index contributed by atoms with van der Waals surface area (Å²) in [6.45, 7) is 40.2. The summed E-state index contributed by atoms with van der Waals surface area (Å²) in [5.41, 5.74) is 140. The Labute approximate surface area is 732 Å².